The van der Waals surface area contributed by atoms with Gasteiger partial charge in [0.1, 0.15) is 11.3 Å². The lowest BCUT2D eigenvalue weighted by molar-refractivity contribution is 0.0602. The average molecular weight is 821 g/mol. The van der Waals surface area contributed by atoms with Crippen molar-refractivity contribution >= 4 is 95.6 Å². The molecule has 0 saturated carbocycles. The number of esters is 1. The fourth-order valence-corrected chi connectivity index (χ4v) is 7.17. The summed E-state index contributed by atoms with van der Waals surface area (Å²) in [5.41, 5.74) is 6.61. The van der Waals surface area contributed by atoms with Gasteiger partial charge in [-0.1, -0.05) is 35.3 Å². The van der Waals surface area contributed by atoms with E-state index in [1.54, 1.807) is 43.1 Å². The van der Waals surface area contributed by atoms with E-state index in [4.69, 9.17) is 27.9 Å². The molecule has 0 unspecified atom stereocenters. The zero-order valence-electron chi connectivity index (χ0n) is 26.7. The predicted molar refractivity (Wildman–Crippen MR) is 205 cm³/mol. The van der Waals surface area contributed by atoms with Crippen molar-refractivity contribution in [2.75, 3.05) is 7.11 Å². The Kier molecular flexibility index (Phi) is 9.52. The van der Waals surface area contributed by atoms with Gasteiger partial charge in [0.05, 0.1) is 67.8 Å². The number of rotatable bonds is 5. The molecular weight excluding hydrogens is 798 g/mol. The molecular formula is C38H23Cl2IN8O2. The summed E-state index contributed by atoms with van der Waals surface area (Å²) in [6.07, 6.45) is 10.2. The average Bonchev–Trinajstić information content (AvgIpc) is 3.67. The summed E-state index contributed by atoms with van der Waals surface area (Å²) >= 11 is 14.3. The Labute approximate surface area is 314 Å². The highest BCUT2D eigenvalue weighted by atomic mass is 127. The molecule has 0 radical (unpaired) electrons. The minimum atomic E-state index is -0.502. The van der Waals surface area contributed by atoms with Gasteiger partial charge < -0.3 is 13.9 Å². The third-order valence-corrected chi connectivity index (χ3v) is 9.48. The summed E-state index contributed by atoms with van der Waals surface area (Å²) in [4.78, 5) is 29.6. The van der Waals surface area contributed by atoms with Crippen molar-refractivity contribution in [1.82, 2.24) is 29.1 Å². The second-order valence-electron chi connectivity index (χ2n) is 11.5. The maximum Gasteiger partial charge on any atom is 0.340 e. The minimum absolute atomic E-state index is 0.322. The number of fused-ring (bicyclic) bond motifs is 4. The van der Waals surface area contributed by atoms with Gasteiger partial charge in [-0.2, -0.15) is 10.5 Å². The van der Waals surface area contributed by atoms with Crippen molar-refractivity contribution in [3.63, 3.8) is 0 Å². The number of benzene rings is 2. The predicted octanol–water partition coefficient (Wildman–Crippen LogP) is 8.71. The molecule has 0 aliphatic heterocycles. The highest BCUT2D eigenvalue weighted by molar-refractivity contribution is 14.1. The zero-order valence-corrected chi connectivity index (χ0v) is 30.3. The summed E-state index contributed by atoms with van der Waals surface area (Å²) < 4.78 is 9.79. The van der Waals surface area contributed by atoms with E-state index in [9.17, 15) is 15.3 Å². The van der Waals surface area contributed by atoms with Crippen LogP contribution in [0.2, 0.25) is 10.0 Å². The van der Waals surface area contributed by atoms with Crippen molar-refractivity contribution in [3.05, 3.63) is 139 Å². The van der Waals surface area contributed by atoms with Crippen LogP contribution in [0.1, 0.15) is 32.6 Å². The Morgan fingerprint density at radius 1 is 0.745 bits per heavy atom. The molecule has 0 amide bonds. The largest absolute Gasteiger partial charge is 0.465 e. The molecule has 0 N–H and O–H groups in total. The van der Waals surface area contributed by atoms with Gasteiger partial charge in [-0.05, 0) is 82.2 Å². The maximum absolute atomic E-state index is 12.2. The highest BCUT2D eigenvalue weighted by Gasteiger charge is 2.20. The van der Waals surface area contributed by atoms with E-state index in [1.165, 1.54) is 7.11 Å². The highest BCUT2D eigenvalue weighted by Crippen LogP contribution is 2.28. The van der Waals surface area contributed by atoms with E-state index in [2.05, 4.69) is 71.4 Å². The Balaban J connectivity index is 0.000000160. The monoisotopic (exact) mass is 820 g/mol. The SMILES string of the molecule is COC(=O)c1cn(Cc2ccc3ncc(Cl)cc3c2)c2nccc(C#N)c12.N#Cc1ccnc2c1c(I)cn2Cc1ccc2ncc(Cl)cc2c1. The lowest BCUT2D eigenvalue weighted by Gasteiger charge is -2.07. The molecule has 8 rings (SSSR count). The molecule has 8 aromatic rings. The van der Waals surface area contributed by atoms with Crippen molar-refractivity contribution in [2.45, 2.75) is 13.1 Å². The van der Waals surface area contributed by atoms with E-state index in [0.717, 1.165) is 47.5 Å². The van der Waals surface area contributed by atoms with Crippen LogP contribution in [0.15, 0.2) is 97.8 Å². The molecule has 0 bridgehead atoms. The molecule has 0 aliphatic carbocycles. The first-order valence-corrected chi connectivity index (χ1v) is 17.2. The Bertz CT molecular complexity index is 2750. The lowest BCUT2D eigenvalue weighted by atomic mass is 10.1. The zero-order chi connectivity index (χ0) is 35.6. The van der Waals surface area contributed by atoms with Crippen LogP contribution >= 0.6 is 45.8 Å². The van der Waals surface area contributed by atoms with Crippen molar-refractivity contribution in [2.24, 2.45) is 0 Å². The molecule has 0 fully saturated rings. The van der Waals surface area contributed by atoms with E-state index in [1.807, 2.05) is 47.2 Å². The van der Waals surface area contributed by atoms with Gasteiger partial charge in [0.2, 0.25) is 0 Å². The summed E-state index contributed by atoms with van der Waals surface area (Å²) in [5, 5.41) is 23.2. The van der Waals surface area contributed by atoms with Gasteiger partial charge in [-0.15, -0.1) is 0 Å². The van der Waals surface area contributed by atoms with Crippen molar-refractivity contribution < 1.29 is 9.53 Å². The molecule has 2 aromatic carbocycles. The smallest absolute Gasteiger partial charge is 0.340 e. The molecule has 6 heterocycles. The number of methoxy groups -OCH3 is 1. The molecule has 10 nitrogen and oxygen atoms in total. The van der Waals surface area contributed by atoms with Gasteiger partial charge in [-0.3, -0.25) is 9.97 Å². The van der Waals surface area contributed by atoms with Crippen molar-refractivity contribution in [1.29, 1.82) is 10.5 Å². The number of nitrogens with zero attached hydrogens (tertiary/aromatic N) is 8. The third kappa shape index (κ3) is 6.79. The normalized spacial score (nSPS) is 10.9. The van der Waals surface area contributed by atoms with Crippen LogP contribution in [0.5, 0.6) is 0 Å². The molecule has 51 heavy (non-hydrogen) atoms. The summed E-state index contributed by atoms with van der Waals surface area (Å²) in [6, 6.07) is 23.5. The summed E-state index contributed by atoms with van der Waals surface area (Å²) in [6.45, 7) is 1.14. The first-order chi connectivity index (χ1) is 24.8. The lowest BCUT2D eigenvalue weighted by Crippen LogP contribution is -2.01. The van der Waals surface area contributed by atoms with E-state index >= 15 is 0 Å². The quantitative estimate of drug-likeness (QED) is 0.124. The van der Waals surface area contributed by atoms with Crippen LogP contribution in [0.3, 0.4) is 0 Å². The van der Waals surface area contributed by atoms with Crippen LogP contribution in [-0.4, -0.2) is 42.1 Å². The van der Waals surface area contributed by atoms with Crippen molar-refractivity contribution in [3.8, 4) is 12.1 Å². The topological polar surface area (TPSA) is 135 Å². The molecule has 6 aromatic heterocycles. The Hall–Kier alpha value is -5.60. The third-order valence-electron chi connectivity index (χ3n) is 8.24. The summed E-state index contributed by atoms with van der Waals surface area (Å²) in [5.74, 6) is -0.502. The number of pyridine rings is 4. The van der Waals surface area contributed by atoms with Gasteiger partial charge in [0.25, 0.3) is 0 Å². The molecule has 0 spiro atoms. The molecule has 13 heteroatoms. The van der Waals surface area contributed by atoms with Gasteiger partial charge >= 0.3 is 5.97 Å². The number of carbonyl (C=O) groups is 1. The standard InChI is InChI=1S/C20H13ClN4O2.C18H10ClIN4/c1-27-20(26)16-11-25(19-18(16)13(8-22)4-5-23-19)10-12-2-3-17-14(6-12)7-15(21)9-24-17;19-14-6-13-5-11(1-2-16(13)23-8-14)9-24-10-15(20)17-12(7-21)3-4-22-18(17)24/h2-7,9,11H,10H2,1H3;1-6,8,10H,9H2. The number of aromatic nitrogens is 6. The van der Waals surface area contributed by atoms with Gasteiger partial charge in [0.15, 0.2) is 0 Å². The molecule has 0 atom stereocenters. The second kappa shape index (κ2) is 14.3. The number of ether oxygens (including phenoxy) is 1. The number of carbonyl (C=O) groups excluding carboxylic acids is 1. The Morgan fingerprint density at radius 2 is 1.25 bits per heavy atom. The number of halogens is 3. The second-order valence-corrected chi connectivity index (χ2v) is 13.5. The van der Waals surface area contributed by atoms with Gasteiger partial charge in [-0.25, -0.2) is 14.8 Å². The molecule has 0 aliphatic rings. The Morgan fingerprint density at radius 3 is 1.78 bits per heavy atom. The van der Waals surface area contributed by atoms with Gasteiger partial charge in [0, 0.05) is 64.6 Å². The minimum Gasteiger partial charge on any atom is -0.465 e. The number of hydrogen-bond acceptors (Lipinski definition) is 8. The van der Waals surface area contributed by atoms with Crippen LogP contribution in [0.4, 0.5) is 0 Å². The van der Waals surface area contributed by atoms with E-state index in [0.29, 0.717) is 50.9 Å². The number of nitriles is 2. The van der Waals surface area contributed by atoms with E-state index < -0.39 is 5.97 Å². The fourth-order valence-electron chi connectivity index (χ4n) is 5.97. The van der Waals surface area contributed by atoms with Crippen LogP contribution < -0.4 is 0 Å². The first kappa shape index (κ1) is 33.9. The van der Waals surface area contributed by atoms with Crippen LogP contribution in [0.25, 0.3) is 43.9 Å². The maximum atomic E-state index is 12.2. The van der Waals surface area contributed by atoms with E-state index in [-0.39, 0.29) is 0 Å². The van der Waals surface area contributed by atoms with Crippen LogP contribution in [-0.2, 0) is 17.8 Å². The first-order valence-electron chi connectivity index (χ1n) is 15.3. The van der Waals surface area contributed by atoms with Crippen LogP contribution in [0, 0.1) is 26.2 Å². The summed E-state index contributed by atoms with van der Waals surface area (Å²) in [7, 11) is 1.31. The molecule has 0 saturated heterocycles. The fraction of sp³-hybridized carbons (Fsp3) is 0.0789. The molecule has 248 valence electrons. The number of hydrogen-bond donors (Lipinski definition) is 0.